The topological polar surface area (TPSA) is 38.3 Å². The molecule has 0 radical (unpaired) electrons. The number of nitrogens with one attached hydrogen (secondary N) is 1. The van der Waals surface area contributed by atoms with E-state index in [2.05, 4.69) is 16.6 Å². The highest BCUT2D eigenvalue weighted by atomic mass is 35.5. The van der Waals surface area contributed by atoms with Crippen molar-refractivity contribution in [3.63, 3.8) is 0 Å². The van der Waals surface area contributed by atoms with Crippen LogP contribution in [0.1, 0.15) is 0 Å². The minimum absolute atomic E-state index is 0.0655. The molecule has 0 saturated heterocycles. The van der Waals surface area contributed by atoms with Crippen molar-refractivity contribution >= 4 is 17.7 Å². The largest absolute Gasteiger partial charge is 0.445 e. The van der Waals surface area contributed by atoms with E-state index in [-0.39, 0.29) is 12.6 Å². The maximum absolute atomic E-state index is 10.3. The Kier molecular flexibility index (Phi) is 5.01. The third kappa shape index (κ3) is 5.17. The minimum atomic E-state index is -0.523. The van der Waals surface area contributed by atoms with Gasteiger partial charge in [0.1, 0.15) is 6.61 Å². The van der Waals surface area contributed by atoms with E-state index in [0.29, 0.717) is 0 Å². The first-order valence-corrected chi connectivity index (χ1v) is 2.92. The molecule has 0 fully saturated rings. The lowest BCUT2D eigenvalue weighted by Crippen LogP contribution is -2.22. The van der Waals surface area contributed by atoms with E-state index in [1.165, 1.54) is 6.08 Å². The first-order valence-electron chi connectivity index (χ1n) is 2.38. The molecule has 0 heterocycles. The standard InChI is InChI=1S/C5H8ClNO2/c1-2-3-9-5(8)7-4-6/h2H,1,3-4H2,(H,7,8). The highest BCUT2D eigenvalue weighted by Crippen LogP contribution is 1.77. The Morgan fingerprint density at radius 3 is 3.00 bits per heavy atom. The van der Waals surface area contributed by atoms with Gasteiger partial charge in [-0.2, -0.15) is 0 Å². The van der Waals surface area contributed by atoms with Crippen molar-refractivity contribution in [1.29, 1.82) is 0 Å². The van der Waals surface area contributed by atoms with Gasteiger partial charge in [-0.3, -0.25) is 0 Å². The summed E-state index contributed by atoms with van der Waals surface area (Å²) in [4.78, 5) is 10.3. The molecule has 0 aromatic rings. The van der Waals surface area contributed by atoms with E-state index in [0.717, 1.165) is 0 Å². The number of ether oxygens (including phenoxy) is 1. The fourth-order valence-electron chi connectivity index (χ4n) is 0.240. The van der Waals surface area contributed by atoms with Gasteiger partial charge in [0.25, 0.3) is 0 Å². The zero-order valence-corrected chi connectivity index (χ0v) is 5.65. The van der Waals surface area contributed by atoms with Crippen molar-refractivity contribution in [2.75, 3.05) is 12.6 Å². The fourth-order valence-corrected chi connectivity index (χ4v) is 0.349. The molecule has 1 amide bonds. The molecule has 0 aliphatic rings. The Morgan fingerprint density at radius 2 is 2.56 bits per heavy atom. The summed E-state index contributed by atoms with van der Waals surface area (Å²) in [5.41, 5.74) is 0. The van der Waals surface area contributed by atoms with Crippen LogP contribution in [-0.4, -0.2) is 18.7 Å². The van der Waals surface area contributed by atoms with E-state index >= 15 is 0 Å². The van der Waals surface area contributed by atoms with Crippen LogP contribution in [0.4, 0.5) is 4.79 Å². The Balaban J connectivity index is 3.16. The molecule has 0 aliphatic heterocycles. The van der Waals surface area contributed by atoms with Crippen LogP contribution in [-0.2, 0) is 4.74 Å². The highest BCUT2D eigenvalue weighted by Gasteiger charge is 1.94. The monoisotopic (exact) mass is 149 g/mol. The van der Waals surface area contributed by atoms with Gasteiger partial charge in [-0.1, -0.05) is 12.7 Å². The van der Waals surface area contributed by atoms with Gasteiger partial charge in [0.15, 0.2) is 0 Å². The third-order valence-corrected chi connectivity index (χ3v) is 0.677. The number of hydrogen-bond donors (Lipinski definition) is 1. The van der Waals surface area contributed by atoms with Crippen LogP contribution in [0.3, 0.4) is 0 Å². The van der Waals surface area contributed by atoms with Gasteiger partial charge in [-0.25, -0.2) is 4.79 Å². The second kappa shape index (κ2) is 5.44. The molecule has 0 unspecified atom stereocenters. The molecule has 52 valence electrons. The Morgan fingerprint density at radius 1 is 1.89 bits per heavy atom. The van der Waals surface area contributed by atoms with Crippen LogP contribution in [0.2, 0.25) is 0 Å². The molecule has 0 aromatic carbocycles. The molecular formula is C5H8ClNO2. The van der Waals surface area contributed by atoms with E-state index in [4.69, 9.17) is 11.6 Å². The predicted molar refractivity (Wildman–Crippen MR) is 35.4 cm³/mol. The number of alkyl carbamates (subject to hydrolysis) is 1. The second-order valence-electron chi connectivity index (χ2n) is 1.20. The smallest absolute Gasteiger partial charge is 0.408 e. The number of carbonyl (C=O) groups excluding carboxylic acids is 1. The summed E-state index contributed by atoms with van der Waals surface area (Å²) in [6.45, 7) is 3.57. The highest BCUT2D eigenvalue weighted by molar-refractivity contribution is 6.18. The van der Waals surface area contributed by atoms with E-state index in [1.807, 2.05) is 0 Å². The Bertz CT molecular complexity index is 105. The minimum Gasteiger partial charge on any atom is -0.445 e. The van der Waals surface area contributed by atoms with Crippen molar-refractivity contribution in [2.45, 2.75) is 0 Å². The number of halogens is 1. The van der Waals surface area contributed by atoms with Crippen molar-refractivity contribution in [1.82, 2.24) is 5.32 Å². The lowest BCUT2D eigenvalue weighted by Gasteiger charge is -1.99. The van der Waals surface area contributed by atoms with Gasteiger partial charge in [0.05, 0.1) is 6.00 Å². The number of amides is 1. The molecule has 9 heavy (non-hydrogen) atoms. The average Bonchev–Trinajstić information content (AvgIpc) is 1.85. The summed E-state index contributed by atoms with van der Waals surface area (Å²) < 4.78 is 4.48. The molecule has 0 rings (SSSR count). The van der Waals surface area contributed by atoms with Gasteiger partial charge >= 0.3 is 6.09 Å². The van der Waals surface area contributed by atoms with Crippen LogP contribution < -0.4 is 5.32 Å². The molecule has 0 atom stereocenters. The van der Waals surface area contributed by atoms with Crippen LogP contribution in [0.5, 0.6) is 0 Å². The molecule has 1 N–H and O–H groups in total. The van der Waals surface area contributed by atoms with Crippen LogP contribution >= 0.6 is 11.6 Å². The van der Waals surface area contributed by atoms with Crippen molar-refractivity contribution in [3.05, 3.63) is 12.7 Å². The predicted octanol–water partition coefficient (Wildman–Crippen LogP) is 1.09. The summed E-state index contributed by atoms with van der Waals surface area (Å²) in [5.74, 6) is 0. The zero-order valence-electron chi connectivity index (χ0n) is 4.89. The van der Waals surface area contributed by atoms with Gasteiger partial charge in [-0.05, 0) is 0 Å². The van der Waals surface area contributed by atoms with Crippen molar-refractivity contribution < 1.29 is 9.53 Å². The van der Waals surface area contributed by atoms with Crippen LogP contribution in [0.15, 0.2) is 12.7 Å². The number of alkyl halides is 1. The summed E-state index contributed by atoms with van der Waals surface area (Å²) in [6, 6.07) is 0.0655. The fraction of sp³-hybridized carbons (Fsp3) is 0.400. The quantitative estimate of drug-likeness (QED) is 0.371. The Labute approximate surface area is 58.6 Å². The van der Waals surface area contributed by atoms with Gasteiger partial charge < -0.3 is 10.1 Å². The summed E-state index contributed by atoms with van der Waals surface area (Å²) >= 11 is 5.14. The van der Waals surface area contributed by atoms with Gasteiger partial charge in [0.2, 0.25) is 0 Å². The van der Waals surface area contributed by atoms with Crippen LogP contribution in [0.25, 0.3) is 0 Å². The molecule has 4 heteroatoms. The summed E-state index contributed by atoms with van der Waals surface area (Å²) in [6.07, 6.45) is 0.957. The first-order chi connectivity index (χ1) is 4.31. The van der Waals surface area contributed by atoms with E-state index < -0.39 is 6.09 Å². The van der Waals surface area contributed by atoms with E-state index in [9.17, 15) is 4.79 Å². The molecule has 0 aliphatic carbocycles. The van der Waals surface area contributed by atoms with Gasteiger partial charge in [0, 0.05) is 0 Å². The maximum Gasteiger partial charge on any atom is 0.408 e. The molecule has 0 bridgehead atoms. The summed E-state index contributed by atoms with van der Waals surface area (Å²) in [7, 11) is 0. The van der Waals surface area contributed by atoms with Crippen molar-refractivity contribution in [3.8, 4) is 0 Å². The van der Waals surface area contributed by atoms with E-state index in [1.54, 1.807) is 0 Å². The Hall–Kier alpha value is -0.700. The molecule has 0 saturated carbocycles. The summed E-state index contributed by atoms with van der Waals surface area (Å²) in [5, 5.41) is 2.24. The lowest BCUT2D eigenvalue weighted by molar-refractivity contribution is 0.160. The third-order valence-electron chi connectivity index (χ3n) is 0.543. The normalized spacial score (nSPS) is 8.11. The average molecular weight is 150 g/mol. The first kappa shape index (κ1) is 8.30. The molecule has 3 nitrogen and oxygen atoms in total. The second-order valence-corrected chi connectivity index (χ2v) is 1.46. The van der Waals surface area contributed by atoms with Crippen molar-refractivity contribution in [2.24, 2.45) is 0 Å². The molecular weight excluding hydrogens is 142 g/mol. The molecule has 0 aromatic heterocycles. The number of hydrogen-bond acceptors (Lipinski definition) is 2. The lowest BCUT2D eigenvalue weighted by atomic mass is 10.7. The SMILES string of the molecule is C=CCOC(=O)NCCl. The maximum atomic E-state index is 10.3. The number of carbonyl (C=O) groups is 1. The van der Waals surface area contributed by atoms with Gasteiger partial charge in [-0.15, -0.1) is 11.6 Å². The van der Waals surface area contributed by atoms with Crippen LogP contribution in [0, 0.1) is 0 Å². The number of rotatable bonds is 3. The molecule has 0 spiro atoms. The zero-order chi connectivity index (χ0) is 7.11.